The van der Waals surface area contributed by atoms with E-state index >= 15 is 0 Å². The molecule has 1 saturated heterocycles. The quantitative estimate of drug-likeness (QED) is 0.231. The summed E-state index contributed by atoms with van der Waals surface area (Å²) in [4.78, 5) is 27.1. The van der Waals surface area contributed by atoms with E-state index in [9.17, 15) is 9.59 Å². The molecule has 186 valence electrons. The summed E-state index contributed by atoms with van der Waals surface area (Å²) in [6, 6.07) is 18.7. The minimum atomic E-state index is -0.296. The van der Waals surface area contributed by atoms with Crippen LogP contribution in [0, 0.1) is 0 Å². The number of halogens is 3. The third kappa shape index (κ3) is 6.45. The van der Waals surface area contributed by atoms with E-state index in [1.807, 2.05) is 49.4 Å². The largest absolute Gasteiger partial charge is 0.490 e. The van der Waals surface area contributed by atoms with Crippen molar-refractivity contribution in [2.24, 2.45) is 0 Å². The van der Waals surface area contributed by atoms with Crippen molar-refractivity contribution in [3.8, 4) is 11.5 Å². The summed E-state index contributed by atoms with van der Waals surface area (Å²) in [6.45, 7) is 2.90. The van der Waals surface area contributed by atoms with Gasteiger partial charge in [-0.1, -0.05) is 59.6 Å². The summed E-state index contributed by atoms with van der Waals surface area (Å²) < 4.78 is 12.5. The Morgan fingerprint density at radius 3 is 2.47 bits per heavy atom. The summed E-state index contributed by atoms with van der Waals surface area (Å²) in [6.07, 6.45) is 2.31. The molecule has 3 aromatic rings. The van der Waals surface area contributed by atoms with Crippen molar-refractivity contribution in [3.05, 3.63) is 96.8 Å². The van der Waals surface area contributed by atoms with Gasteiger partial charge in [-0.2, -0.15) is 0 Å². The topological polar surface area (TPSA) is 55.8 Å². The van der Waals surface area contributed by atoms with Gasteiger partial charge in [0.2, 0.25) is 0 Å². The molecule has 0 aliphatic carbocycles. The van der Waals surface area contributed by atoms with Crippen LogP contribution in [0.1, 0.15) is 23.6 Å². The van der Waals surface area contributed by atoms with Crippen molar-refractivity contribution in [2.75, 3.05) is 13.2 Å². The van der Waals surface area contributed by atoms with Crippen LogP contribution in [0.3, 0.4) is 0 Å². The lowest BCUT2D eigenvalue weighted by molar-refractivity contribution is -0.122. The predicted octanol–water partition coefficient (Wildman–Crippen LogP) is 8.01. The number of imide groups is 1. The molecule has 0 unspecified atom stereocenters. The van der Waals surface area contributed by atoms with Crippen LogP contribution in [0.15, 0.2) is 70.0 Å². The van der Waals surface area contributed by atoms with E-state index in [4.69, 9.17) is 32.7 Å². The number of ether oxygens (including phenoxy) is 2. The summed E-state index contributed by atoms with van der Waals surface area (Å²) in [5.41, 5.74) is 2.63. The van der Waals surface area contributed by atoms with Crippen LogP contribution in [0.25, 0.3) is 6.08 Å². The number of hydrogen-bond acceptors (Lipinski definition) is 5. The van der Waals surface area contributed by atoms with Gasteiger partial charge in [0.1, 0.15) is 6.61 Å². The molecule has 1 fully saturated rings. The average molecular weight is 607 g/mol. The molecule has 0 aromatic heterocycles. The van der Waals surface area contributed by atoms with Gasteiger partial charge in [-0.05, 0) is 88.1 Å². The highest BCUT2D eigenvalue weighted by Gasteiger charge is 2.34. The summed E-state index contributed by atoms with van der Waals surface area (Å²) in [7, 11) is 0. The summed E-state index contributed by atoms with van der Waals surface area (Å²) in [5, 5.41) is 0.660. The lowest BCUT2D eigenvalue weighted by atomic mass is 10.1. The Balaban J connectivity index is 1.51. The lowest BCUT2D eigenvalue weighted by Gasteiger charge is -2.15. The number of carbonyl (C=O) groups excluding carboxylic acids is 2. The van der Waals surface area contributed by atoms with E-state index in [2.05, 4.69) is 15.9 Å². The Morgan fingerprint density at radius 1 is 0.972 bits per heavy atom. The Kier molecular flexibility index (Phi) is 9.01. The van der Waals surface area contributed by atoms with Gasteiger partial charge in [0, 0.05) is 6.54 Å². The van der Waals surface area contributed by atoms with E-state index in [0.29, 0.717) is 56.1 Å². The van der Waals surface area contributed by atoms with Crippen LogP contribution >= 0.6 is 50.9 Å². The smallest absolute Gasteiger partial charge is 0.293 e. The van der Waals surface area contributed by atoms with Crippen molar-refractivity contribution in [1.82, 2.24) is 4.90 Å². The third-order valence-corrected chi connectivity index (χ3v) is 7.57. The Bertz CT molecular complexity index is 1320. The number of nitrogens with zero attached hydrogens (tertiary/aromatic N) is 1. The molecule has 1 aliphatic rings. The zero-order chi connectivity index (χ0) is 25.7. The van der Waals surface area contributed by atoms with E-state index in [1.54, 1.807) is 24.3 Å². The van der Waals surface area contributed by atoms with Crippen molar-refractivity contribution in [2.45, 2.75) is 20.0 Å². The molecule has 1 aliphatic heterocycles. The standard InChI is InChI=1S/C27H22BrCl2NO4S/c1-2-34-23-14-19(12-20(28)25(23)35-16-18-8-9-21(29)22(30)13-18)15-24-26(32)31(27(33)36-24)11-10-17-6-4-3-5-7-17/h3-9,12-15H,2,10-11,16H2,1H3/b24-15-. The second-order valence-electron chi connectivity index (χ2n) is 7.87. The van der Waals surface area contributed by atoms with Crippen LogP contribution in [0.5, 0.6) is 11.5 Å². The Hall–Kier alpha value is -2.45. The highest BCUT2D eigenvalue weighted by atomic mass is 79.9. The van der Waals surface area contributed by atoms with Crippen LogP contribution in [0.2, 0.25) is 10.0 Å². The van der Waals surface area contributed by atoms with Gasteiger partial charge < -0.3 is 9.47 Å². The van der Waals surface area contributed by atoms with Gasteiger partial charge in [0.15, 0.2) is 11.5 Å². The molecule has 0 radical (unpaired) electrons. The zero-order valence-corrected chi connectivity index (χ0v) is 23.2. The molecule has 36 heavy (non-hydrogen) atoms. The van der Waals surface area contributed by atoms with E-state index in [1.165, 1.54) is 4.90 Å². The molecule has 3 aromatic carbocycles. The number of hydrogen-bond donors (Lipinski definition) is 0. The minimum Gasteiger partial charge on any atom is -0.490 e. The van der Waals surface area contributed by atoms with Crippen molar-refractivity contribution < 1.29 is 19.1 Å². The molecule has 9 heteroatoms. The molecular formula is C27H22BrCl2NO4S. The SMILES string of the molecule is CCOc1cc(/C=C2\SC(=O)N(CCc3ccccc3)C2=O)cc(Br)c1OCc1ccc(Cl)c(Cl)c1. The van der Waals surface area contributed by atoms with Gasteiger partial charge in [-0.15, -0.1) is 0 Å². The van der Waals surface area contributed by atoms with E-state index in [0.717, 1.165) is 22.9 Å². The molecule has 2 amide bonds. The molecule has 0 bridgehead atoms. The molecule has 1 heterocycles. The van der Waals surface area contributed by atoms with Gasteiger partial charge in [0.25, 0.3) is 11.1 Å². The summed E-state index contributed by atoms with van der Waals surface area (Å²) >= 11 is 16.6. The van der Waals surface area contributed by atoms with E-state index in [-0.39, 0.29) is 17.8 Å². The molecule has 5 nitrogen and oxygen atoms in total. The molecule has 0 saturated carbocycles. The second-order valence-corrected chi connectivity index (χ2v) is 10.5. The first-order valence-corrected chi connectivity index (χ1v) is 13.5. The molecule has 0 N–H and O–H groups in total. The fraction of sp³-hybridized carbons (Fsp3) is 0.185. The van der Waals surface area contributed by atoms with Crippen LogP contribution in [-0.2, 0) is 17.8 Å². The van der Waals surface area contributed by atoms with Crippen molar-refractivity contribution in [1.29, 1.82) is 0 Å². The first-order valence-electron chi connectivity index (χ1n) is 11.2. The first kappa shape index (κ1) is 26.6. The van der Waals surface area contributed by atoms with Gasteiger partial charge >= 0.3 is 0 Å². The van der Waals surface area contributed by atoms with Crippen molar-refractivity contribution in [3.63, 3.8) is 0 Å². The summed E-state index contributed by atoms with van der Waals surface area (Å²) in [5.74, 6) is 0.743. The van der Waals surface area contributed by atoms with Crippen molar-refractivity contribution >= 4 is 68.1 Å². The van der Waals surface area contributed by atoms with E-state index < -0.39 is 0 Å². The molecular weight excluding hydrogens is 585 g/mol. The van der Waals surface area contributed by atoms with Crippen LogP contribution in [0.4, 0.5) is 4.79 Å². The second kappa shape index (κ2) is 12.2. The average Bonchev–Trinajstić information content (AvgIpc) is 3.12. The highest BCUT2D eigenvalue weighted by Crippen LogP contribution is 2.40. The maximum atomic E-state index is 12.9. The minimum absolute atomic E-state index is 0.259. The number of benzene rings is 3. The van der Waals surface area contributed by atoms with Gasteiger partial charge in [-0.25, -0.2) is 0 Å². The van der Waals surface area contributed by atoms with Gasteiger partial charge in [0.05, 0.1) is 26.0 Å². The maximum Gasteiger partial charge on any atom is 0.293 e. The third-order valence-electron chi connectivity index (χ3n) is 5.34. The lowest BCUT2D eigenvalue weighted by Crippen LogP contribution is -2.30. The molecule has 4 rings (SSSR count). The fourth-order valence-corrected chi connectivity index (χ4v) is 5.35. The van der Waals surface area contributed by atoms with Gasteiger partial charge in [-0.3, -0.25) is 14.5 Å². The Morgan fingerprint density at radius 2 is 1.75 bits per heavy atom. The number of carbonyl (C=O) groups is 2. The molecule has 0 spiro atoms. The first-order chi connectivity index (χ1) is 17.4. The Labute approximate surface area is 232 Å². The number of thioether (sulfide) groups is 1. The number of amides is 2. The monoisotopic (exact) mass is 605 g/mol. The fourth-order valence-electron chi connectivity index (χ4n) is 3.59. The zero-order valence-electron chi connectivity index (χ0n) is 19.3. The normalized spacial score (nSPS) is 14.6. The predicted molar refractivity (Wildman–Crippen MR) is 149 cm³/mol. The number of rotatable bonds is 9. The van der Waals surface area contributed by atoms with Crippen LogP contribution < -0.4 is 9.47 Å². The highest BCUT2D eigenvalue weighted by molar-refractivity contribution is 9.10. The molecule has 0 atom stereocenters. The maximum absolute atomic E-state index is 12.9. The van der Waals surface area contributed by atoms with Crippen LogP contribution in [-0.4, -0.2) is 29.2 Å².